The maximum Gasteiger partial charge on any atom is 0.416 e. The summed E-state index contributed by atoms with van der Waals surface area (Å²) < 4.78 is 38.2. The summed E-state index contributed by atoms with van der Waals surface area (Å²) in [5, 5.41) is 2.94. The molecule has 2 bridgehead atoms. The molecule has 188 valence electrons. The Morgan fingerprint density at radius 1 is 1.03 bits per heavy atom. The Morgan fingerprint density at radius 2 is 1.74 bits per heavy atom. The standard InChI is InChI=1S/C25H31F3N6O/c26-25(27,28)21-4-2-18(3-5-21)23(35)31-15-22-14-19-6-9-34(22)17-20(19)16-32-10-12-33(13-11-32)24-29-7-1-8-30-24/h1-5,7-8,19-20,22H,6,9-17H2,(H,31,35). The number of hydrogen-bond acceptors (Lipinski definition) is 6. The molecular formula is C25H31F3N6O. The molecular weight excluding hydrogens is 457 g/mol. The molecule has 1 aromatic carbocycles. The summed E-state index contributed by atoms with van der Waals surface area (Å²) in [4.78, 5) is 28.5. The van der Waals surface area contributed by atoms with Crippen molar-refractivity contribution in [3.8, 4) is 0 Å². The van der Waals surface area contributed by atoms with Crippen LogP contribution >= 0.6 is 0 Å². The molecule has 5 heterocycles. The lowest BCUT2D eigenvalue weighted by Gasteiger charge is -2.51. The van der Waals surface area contributed by atoms with E-state index in [1.165, 1.54) is 18.6 Å². The van der Waals surface area contributed by atoms with Crippen LogP contribution in [-0.2, 0) is 6.18 Å². The topological polar surface area (TPSA) is 64.6 Å². The van der Waals surface area contributed by atoms with Crippen molar-refractivity contribution < 1.29 is 18.0 Å². The predicted molar refractivity (Wildman–Crippen MR) is 126 cm³/mol. The van der Waals surface area contributed by atoms with Crippen molar-refractivity contribution in [2.45, 2.75) is 25.1 Å². The molecule has 1 amide bonds. The van der Waals surface area contributed by atoms with Gasteiger partial charge in [0.15, 0.2) is 0 Å². The van der Waals surface area contributed by atoms with Crippen molar-refractivity contribution in [2.75, 3.05) is 57.3 Å². The number of amides is 1. The summed E-state index contributed by atoms with van der Waals surface area (Å²) >= 11 is 0. The van der Waals surface area contributed by atoms with Crippen LogP contribution in [0.25, 0.3) is 0 Å². The van der Waals surface area contributed by atoms with E-state index in [2.05, 4.69) is 30.0 Å². The number of halogens is 3. The minimum atomic E-state index is -4.40. The third kappa shape index (κ3) is 5.59. The highest BCUT2D eigenvalue weighted by molar-refractivity contribution is 5.94. The molecule has 6 rings (SSSR count). The number of nitrogens with zero attached hydrogens (tertiary/aromatic N) is 5. The summed E-state index contributed by atoms with van der Waals surface area (Å²) in [6, 6.07) is 6.52. The van der Waals surface area contributed by atoms with Crippen LogP contribution in [0, 0.1) is 11.8 Å². The van der Waals surface area contributed by atoms with Gasteiger partial charge in [0.25, 0.3) is 5.91 Å². The molecule has 7 nitrogen and oxygen atoms in total. The van der Waals surface area contributed by atoms with Crippen LogP contribution in [0.5, 0.6) is 0 Å². The average molecular weight is 489 g/mol. The number of fused-ring (bicyclic) bond motifs is 3. The van der Waals surface area contributed by atoms with Crippen molar-refractivity contribution in [1.82, 2.24) is 25.1 Å². The van der Waals surface area contributed by atoms with Gasteiger partial charge in [-0.05, 0) is 61.6 Å². The maximum absolute atomic E-state index is 12.7. The van der Waals surface area contributed by atoms with E-state index in [0.29, 0.717) is 18.4 Å². The number of hydrogen-bond donors (Lipinski definition) is 1. The number of carbonyl (C=O) groups is 1. The molecule has 4 unspecified atom stereocenters. The van der Waals surface area contributed by atoms with Gasteiger partial charge in [-0.2, -0.15) is 13.2 Å². The molecule has 4 aliphatic heterocycles. The molecule has 4 atom stereocenters. The molecule has 4 saturated heterocycles. The van der Waals surface area contributed by atoms with Crippen LogP contribution < -0.4 is 10.2 Å². The number of carbonyl (C=O) groups excluding carboxylic acids is 1. The number of alkyl halides is 3. The summed E-state index contributed by atoms with van der Waals surface area (Å²) in [6.45, 7) is 7.58. The first-order valence-corrected chi connectivity index (χ1v) is 12.3. The smallest absolute Gasteiger partial charge is 0.350 e. The van der Waals surface area contributed by atoms with E-state index in [0.717, 1.165) is 70.3 Å². The van der Waals surface area contributed by atoms with Crippen molar-refractivity contribution in [1.29, 1.82) is 0 Å². The highest BCUT2D eigenvalue weighted by Crippen LogP contribution is 2.36. The van der Waals surface area contributed by atoms with E-state index in [1.807, 2.05) is 6.07 Å². The van der Waals surface area contributed by atoms with Crippen LogP contribution in [0.4, 0.5) is 19.1 Å². The number of anilines is 1. The number of aromatic nitrogens is 2. The lowest BCUT2D eigenvalue weighted by Crippen LogP contribution is -2.59. The summed E-state index contributed by atoms with van der Waals surface area (Å²) in [7, 11) is 0. The summed E-state index contributed by atoms with van der Waals surface area (Å²) in [6.07, 6.45) is 1.40. The highest BCUT2D eigenvalue weighted by atomic mass is 19.4. The minimum Gasteiger partial charge on any atom is -0.350 e. The van der Waals surface area contributed by atoms with Gasteiger partial charge in [-0.3, -0.25) is 14.6 Å². The minimum absolute atomic E-state index is 0.256. The van der Waals surface area contributed by atoms with Crippen LogP contribution in [0.15, 0.2) is 42.7 Å². The van der Waals surface area contributed by atoms with E-state index in [-0.39, 0.29) is 17.5 Å². The van der Waals surface area contributed by atoms with Crippen LogP contribution in [0.3, 0.4) is 0 Å². The van der Waals surface area contributed by atoms with Gasteiger partial charge in [0.1, 0.15) is 0 Å². The third-order valence-electron chi connectivity index (χ3n) is 7.69. The van der Waals surface area contributed by atoms with E-state index in [4.69, 9.17) is 0 Å². The number of nitrogens with one attached hydrogen (secondary N) is 1. The van der Waals surface area contributed by atoms with Gasteiger partial charge in [0.2, 0.25) is 5.95 Å². The van der Waals surface area contributed by atoms with Gasteiger partial charge < -0.3 is 10.2 Å². The molecule has 0 spiro atoms. The molecule has 4 aliphatic rings. The van der Waals surface area contributed by atoms with Crippen molar-refractivity contribution in [2.24, 2.45) is 11.8 Å². The van der Waals surface area contributed by atoms with Crippen molar-refractivity contribution in [3.05, 3.63) is 53.9 Å². The van der Waals surface area contributed by atoms with Gasteiger partial charge in [-0.15, -0.1) is 0 Å². The predicted octanol–water partition coefficient (Wildman–Crippen LogP) is 2.76. The average Bonchev–Trinajstić information content (AvgIpc) is 2.88. The molecule has 0 saturated carbocycles. The molecule has 1 aromatic heterocycles. The Kier molecular flexibility index (Phi) is 6.93. The number of rotatable bonds is 6. The van der Waals surface area contributed by atoms with E-state index < -0.39 is 11.7 Å². The summed E-state index contributed by atoms with van der Waals surface area (Å²) in [5.41, 5.74) is -0.488. The lowest BCUT2D eigenvalue weighted by atomic mass is 9.75. The fraction of sp³-hybridized carbons (Fsp3) is 0.560. The van der Waals surface area contributed by atoms with Crippen LogP contribution in [0.2, 0.25) is 0 Å². The van der Waals surface area contributed by atoms with E-state index in [9.17, 15) is 18.0 Å². The molecule has 0 radical (unpaired) electrons. The monoisotopic (exact) mass is 488 g/mol. The zero-order valence-electron chi connectivity index (χ0n) is 19.6. The molecule has 35 heavy (non-hydrogen) atoms. The SMILES string of the molecule is O=C(NCC1CC2CCN1CC2CN1CCN(c2ncccn2)CC1)c1ccc(C(F)(F)F)cc1. The van der Waals surface area contributed by atoms with Gasteiger partial charge in [-0.25, -0.2) is 9.97 Å². The molecule has 2 aromatic rings. The third-order valence-corrected chi connectivity index (χ3v) is 7.69. The van der Waals surface area contributed by atoms with Gasteiger partial charge >= 0.3 is 6.18 Å². The zero-order chi connectivity index (χ0) is 24.4. The zero-order valence-corrected chi connectivity index (χ0v) is 19.6. The first kappa shape index (κ1) is 24.0. The largest absolute Gasteiger partial charge is 0.416 e. The lowest BCUT2D eigenvalue weighted by molar-refractivity contribution is -0.137. The first-order valence-electron chi connectivity index (χ1n) is 12.3. The van der Waals surface area contributed by atoms with Crippen LogP contribution in [-0.4, -0.2) is 84.1 Å². The summed E-state index contributed by atoms with van der Waals surface area (Å²) in [5.74, 6) is 1.75. The van der Waals surface area contributed by atoms with E-state index >= 15 is 0 Å². The van der Waals surface area contributed by atoms with E-state index in [1.54, 1.807) is 12.4 Å². The second kappa shape index (κ2) is 10.1. The molecule has 0 aliphatic carbocycles. The Balaban J connectivity index is 1.08. The number of benzene rings is 1. The van der Waals surface area contributed by atoms with Crippen LogP contribution in [0.1, 0.15) is 28.8 Å². The first-order chi connectivity index (χ1) is 16.9. The molecule has 4 fully saturated rings. The van der Waals surface area contributed by atoms with Gasteiger partial charge in [0.05, 0.1) is 5.56 Å². The second-order valence-corrected chi connectivity index (χ2v) is 9.81. The normalized spacial score (nSPS) is 27.1. The van der Waals surface area contributed by atoms with Crippen molar-refractivity contribution in [3.63, 3.8) is 0 Å². The molecule has 10 heteroatoms. The fourth-order valence-electron chi connectivity index (χ4n) is 5.71. The molecule has 1 N–H and O–H groups in total. The number of piperidine rings is 3. The highest BCUT2D eigenvalue weighted by Gasteiger charge is 2.40. The van der Waals surface area contributed by atoms with Crippen molar-refractivity contribution >= 4 is 11.9 Å². The number of piperazine rings is 1. The van der Waals surface area contributed by atoms with Gasteiger partial charge in [-0.1, -0.05) is 0 Å². The Morgan fingerprint density at radius 3 is 2.37 bits per heavy atom. The second-order valence-electron chi connectivity index (χ2n) is 9.81. The Labute approximate surface area is 203 Å². The fourth-order valence-corrected chi connectivity index (χ4v) is 5.71. The van der Waals surface area contributed by atoms with Gasteiger partial charge in [0, 0.05) is 69.8 Å². The Bertz CT molecular complexity index is 995. The maximum atomic E-state index is 12.7. The Hall–Kier alpha value is -2.72. The quantitative estimate of drug-likeness (QED) is 0.675.